The van der Waals surface area contributed by atoms with Crippen molar-refractivity contribution in [3.05, 3.63) is 49.1 Å². The summed E-state index contributed by atoms with van der Waals surface area (Å²) < 4.78 is 27.4. The Balaban J connectivity index is 2.92. The van der Waals surface area contributed by atoms with Crippen LogP contribution in [0.1, 0.15) is 0 Å². The molecule has 2 rings (SSSR count). The van der Waals surface area contributed by atoms with Gasteiger partial charge in [0, 0.05) is 11.8 Å². The first-order chi connectivity index (χ1) is 8.86. The predicted octanol–water partition coefficient (Wildman–Crippen LogP) is 6.29. The molecule has 100 valence electrons. The summed E-state index contributed by atoms with van der Waals surface area (Å²) in [6.45, 7) is 0. The van der Waals surface area contributed by atoms with Crippen LogP contribution in [0.5, 0.6) is 0 Å². The fourth-order valence-corrected chi connectivity index (χ4v) is 2.79. The monoisotopic (exact) mass is 361 g/mol. The van der Waals surface area contributed by atoms with E-state index in [0.717, 1.165) is 12.3 Å². The minimum absolute atomic E-state index is 0.0909. The highest BCUT2D eigenvalue weighted by molar-refractivity contribution is 6.56. The van der Waals surface area contributed by atoms with Gasteiger partial charge in [0.2, 0.25) is 5.95 Å². The first kappa shape index (κ1) is 15.1. The molecule has 0 atom stereocenters. The molecule has 1 heterocycles. The highest BCUT2D eigenvalue weighted by Gasteiger charge is 2.25. The molecule has 0 saturated heterocycles. The van der Waals surface area contributed by atoms with Crippen molar-refractivity contribution < 1.29 is 8.78 Å². The molecule has 0 aliphatic carbocycles. The molecule has 0 amide bonds. The third-order valence-electron chi connectivity index (χ3n) is 2.31. The first-order valence-corrected chi connectivity index (χ1v) is 6.57. The number of rotatable bonds is 1. The molecular formula is C11H2Cl5F2N. The molecule has 0 N–H and O–H groups in total. The Kier molecular flexibility index (Phi) is 4.43. The summed E-state index contributed by atoms with van der Waals surface area (Å²) in [5, 5.41) is -0.781. The van der Waals surface area contributed by atoms with Crippen LogP contribution >= 0.6 is 58.0 Å². The summed E-state index contributed by atoms with van der Waals surface area (Å²) in [7, 11) is 0. The predicted molar refractivity (Wildman–Crippen MR) is 74.6 cm³/mol. The molecule has 8 heteroatoms. The lowest BCUT2D eigenvalue weighted by molar-refractivity contribution is 0.558. The molecule has 19 heavy (non-hydrogen) atoms. The van der Waals surface area contributed by atoms with E-state index in [-0.39, 0.29) is 30.7 Å². The van der Waals surface area contributed by atoms with E-state index in [9.17, 15) is 8.78 Å². The second-order valence-electron chi connectivity index (χ2n) is 3.40. The van der Waals surface area contributed by atoms with Gasteiger partial charge in [-0.1, -0.05) is 58.0 Å². The third-order valence-corrected chi connectivity index (χ3v) is 4.59. The van der Waals surface area contributed by atoms with Gasteiger partial charge >= 0.3 is 0 Å². The first-order valence-electron chi connectivity index (χ1n) is 4.68. The largest absolute Gasteiger partial charge is 0.228 e. The Labute approximate surface area is 132 Å². The zero-order valence-electron chi connectivity index (χ0n) is 8.75. The summed E-state index contributed by atoms with van der Waals surface area (Å²) in [6, 6.07) is 0.960. The molecule has 0 bridgehead atoms. The molecule has 2 aromatic rings. The third kappa shape index (κ3) is 2.50. The van der Waals surface area contributed by atoms with Crippen molar-refractivity contribution >= 4 is 58.0 Å². The van der Waals surface area contributed by atoms with Crippen LogP contribution in [0, 0.1) is 11.8 Å². The van der Waals surface area contributed by atoms with Gasteiger partial charge in [0.1, 0.15) is 5.82 Å². The van der Waals surface area contributed by atoms with Crippen LogP contribution < -0.4 is 0 Å². The molecule has 1 aromatic heterocycles. The molecule has 1 aromatic carbocycles. The van der Waals surface area contributed by atoms with Crippen molar-refractivity contribution in [1.82, 2.24) is 4.98 Å². The van der Waals surface area contributed by atoms with Crippen LogP contribution in [0.4, 0.5) is 8.78 Å². The zero-order chi connectivity index (χ0) is 14.3. The number of halogens is 7. The van der Waals surface area contributed by atoms with Crippen LogP contribution in [0.25, 0.3) is 11.1 Å². The van der Waals surface area contributed by atoms with Crippen LogP contribution in [-0.4, -0.2) is 4.98 Å². The molecule has 0 aliphatic rings. The highest BCUT2D eigenvalue weighted by atomic mass is 35.5. The molecule has 1 nitrogen and oxygen atoms in total. The lowest BCUT2D eigenvalue weighted by Crippen LogP contribution is -1.96. The van der Waals surface area contributed by atoms with Gasteiger partial charge in [0.05, 0.1) is 30.7 Å². The topological polar surface area (TPSA) is 12.9 Å². The smallest absolute Gasteiger partial charge is 0.223 e. The van der Waals surface area contributed by atoms with Crippen LogP contribution in [0.2, 0.25) is 25.1 Å². The highest BCUT2D eigenvalue weighted by Crippen LogP contribution is 2.48. The number of hydrogen-bond acceptors (Lipinski definition) is 1. The van der Waals surface area contributed by atoms with Gasteiger partial charge in [-0.2, -0.15) is 4.39 Å². The minimum atomic E-state index is -1.08. The Hall–Kier alpha value is -0.320. The fraction of sp³-hybridized carbons (Fsp3) is 0. The lowest BCUT2D eigenvalue weighted by atomic mass is 10.1. The van der Waals surface area contributed by atoms with Crippen molar-refractivity contribution in [1.29, 1.82) is 0 Å². The minimum Gasteiger partial charge on any atom is -0.228 e. The van der Waals surface area contributed by atoms with E-state index in [1.807, 2.05) is 0 Å². The number of hydrogen-bond donors (Lipinski definition) is 0. The molecule has 0 spiro atoms. The van der Waals surface area contributed by atoms with Crippen molar-refractivity contribution in [2.75, 3.05) is 0 Å². The van der Waals surface area contributed by atoms with Crippen molar-refractivity contribution in [2.45, 2.75) is 0 Å². The van der Waals surface area contributed by atoms with Crippen LogP contribution in [-0.2, 0) is 0 Å². The summed E-state index contributed by atoms with van der Waals surface area (Å²) >= 11 is 29.3. The van der Waals surface area contributed by atoms with Crippen LogP contribution in [0.15, 0.2) is 12.3 Å². The number of benzene rings is 1. The number of aromatic nitrogens is 1. The summed E-state index contributed by atoms with van der Waals surface area (Å²) in [5.74, 6) is -1.98. The van der Waals surface area contributed by atoms with E-state index in [2.05, 4.69) is 4.98 Å². The Morgan fingerprint density at radius 1 is 0.737 bits per heavy atom. The van der Waals surface area contributed by atoms with Gasteiger partial charge < -0.3 is 0 Å². The maximum absolute atomic E-state index is 13.7. The number of pyridine rings is 1. The van der Waals surface area contributed by atoms with Gasteiger partial charge in [0.15, 0.2) is 0 Å². The van der Waals surface area contributed by atoms with Crippen molar-refractivity contribution in [2.24, 2.45) is 0 Å². The molecular weight excluding hydrogens is 361 g/mol. The van der Waals surface area contributed by atoms with E-state index in [0.29, 0.717) is 0 Å². The average Bonchev–Trinajstić information content (AvgIpc) is 2.37. The fourth-order valence-electron chi connectivity index (χ4n) is 1.46. The van der Waals surface area contributed by atoms with Gasteiger partial charge in [-0.3, -0.25) is 0 Å². The van der Waals surface area contributed by atoms with Crippen molar-refractivity contribution in [3.63, 3.8) is 0 Å². The van der Waals surface area contributed by atoms with E-state index in [1.54, 1.807) is 0 Å². The standard InChI is InChI=1S/C11H2Cl5F2N/c12-6-5(4-3(17)1-2-19-11(4)18)7(13)9(15)10(16)8(6)14/h1-2H. The maximum Gasteiger partial charge on any atom is 0.223 e. The van der Waals surface area contributed by atoms with Gasteiger partial charge in [0.25, 0.3) is 0 Å². The summed E-state index contributed by atoms with van der Waals surface area (Å²) in [6.07, 6.45) is 0.967. The second-order valence-corrected chi connectivity index (χ2v) is 5.29. The quantitative estimate of drug-likeness (QED) is 0.329. The Morgan fingerprint density at radius 3 is 1.68 bits per heavy atom. The maximum atomic E-state index is 13.7. The van der Waals surface area contributed by atoms with Crippen molar-refractivity contribution in [3.8, 4) is 11.1 Å². The molecule has 0 aliphatic heterocycles. The Bertz CT molecular complexity index is 625. The van der Waals surface area contributed by atoms with E-state index in [1.165, 1.54) is 0 Å². The molecule has 0 fully saturated rings. The van der Waals surface area contributed by atoms with E-state index < -0.39 is 17.3 Å². The molecule has 0 unspecified atom stereocenters. The number of nitrogens with zero attached hydrogens (tertiary/aromatic N) is 1. The van der Waals surface area contributed by atoms with Gasteiger partial charge in [-0.15, -0.1) is 0 Å². The van der Waals surface area contributed by atoms with E-state index >= 15 is 0 Å². The molecule has 0 saturated carbocycles. The van der Waals surface area contributed by atoms with Gasteiger partial charge in [-0.05, 0) is 6.07 Å². The summed E-state index contributed by atoms with van der Waals surface area (Å²) in [5.41, 5.74) is -0.705. The zero-order valence-corrected chi connectivity index (χ0v) is 12.5. The average molecular weight is 363 g/mol. The molecule has 0 radical (unpaired) electrons. The van der Waals surface area contributed by atoms with Gasteiger partial charge in [-0.25, -0.2) is 9.37 Å². The SMILES string of the molecule is Fc1ccnc(F)c1-c1c(Cl)c(Cl)c(Cl)c(Cl)c1Cl. The lowest BCUT2D eigenvalue weighted by Gasteiger charge is -2.13. The second kappa shape index (κ2) is 5.58. The normalized spacial score (nSPS) is 10.9. The van der Waals surface area contributed by atoms with Crippen LogP contribution in [0.3, 0.4) is 0 Å². The Morgan fingerprint density at radius 2 is 1.21 bits per heavy atom. The van der Waals surface area contributed by atoms with E-state index in [4.69, 9.17) is 58.0 Å². The summed E-state index contributed by atoms with van der Waals surface area (Å²) in [4.78, 5) is 3.34.